The number of nitrogens with zero attached hydrogens (tertiary/aromatic N) is 1. The molecule has 0 bridgehead atoms. The molecule has 0 saturated heterocycles. The molecule has 2 N–H and O–H groups in total. The Balaban J connectivity index is 3.05. The molecule has 1 aromatic carbocycles. The van der Waals surface area contributed by atoms with Crippen molar-refractivity contribution >= 4 is 0 Å². The average Bonchev–Trinajstić information content (AvgIpc) is 2.33. The summed E-state index contributed by atoms with van der Waals surface area (Å²) in [5.74, 6) is 0.343. The van der Waals surface area contributed by atoms with E-state index in [0.29, 0.717) is 24.1 Å². The van der Waals surface area contributed by atoms with Crippen molar-refractivity contribution in [3.63, 3.8) is 0 Å². The van der Waals surface area contributed by atoms with Gasteiger partial charge in [-0.25, -0.2) is 4.39 Å². The van der Waals surface area contributed by atoms with Crippen LogP contribution in [0.3, 0.4) is 0 Å². The Bertz CT molecular complexity index is 390. The van der Waals surface area contributed by atoms with Crippen LogP contribution in [0, 0.1) is 18.7 Å². The van der Waals surface area contributed by atoms with Crippen molar-refractivity contribution in [1.82, 2.24) is 4.90 Å². The third-order valence-corrected chi connectivity index (χ3v) is 3.83. The van der Waals surface area contributed by atoms with Gasteiger partial charge in [-0.05, 0) is 32.9 Å². The lowest BCUT2D eigenvalue weighted by atomic mass is 9.98. The zero-order valence-corrected chi connectivity index (χ0v) is 12.1. The van der Waals surface area contributed by atoms with Crippen molar-refractivity contribution in [1.29, 1.82) is 0 Å². The Labute approximate surface area is 110 Å². The fraction of sp³-hybridized carbons (Fsp3) is 0.600. The molecule has 0 aliphatic carbocycles. The summed E-state index contributed by atoms with van der Waals surface area (Å²) in [5, 5.41) is 0. The largest absolute Gasteiger partial charge is 0.329 e. The Morgan fingerprint density at radius 3 is 2.39 bits per heavy atom. The van der Waals surface area contributed by atoms with Gasteiger partial charge in [-0.3, -0.25) is 4.90 Å². The van der Waals surface area contributed by atoms with Crippen LogP contribution >= 0.6 is 0 Å². The molecule has 0 aliphatic rings. The summed E-state index contributed by atoms with van der Waals surface area (Å²) in [4.78, 5) is 2.17. The predicted octanol–water partition coefficient (Wildman–Crippen LogP) is 3.11. The van der Waals surface area contributed by atoms with Crippen LogP contribution < -0.4 is 5.73 Å². The minimum Gasteiger partial charge on any atom is -0.329 e. The van der Waals surface area contributed by atoms with Crippen molar-refractivity contribution < 1.29 is 4.39 Å². The Hall–Kier alpha value is -0.930. The van der Waals surface area contributed by atoms with Crippen LogP contribution in [0.25, 0.3) is 0 Å². The van der Waals surface area contributed by atoms with E-state index in [4.69, 9.17) is 5.73 Å². The van der Waals surface area contributed by atoms with E-state index in [-0.39, 0.29) is 11.9 Å². The molecule has 0 saturated carbocycles. The highest BCUT2D eigenvalue weighted by Gasteiger charge is 2.24. The molecule has 2 atom stereocenters. The summed E-state index contributed by atoms with van der Waals surface area (Å²) in [7, 11) is 2.02. The normalized spacial score (nSPS) is 15.2. The molecule has 0 heterocycles. The molecular formula is C15H25FN2. The van der Waals surface area contributed by atoms with Gasteiger partial charge in [-0.1, -0.05) is 31.5 Å². The fourth-order valence-electron chi connectivity index (χ4n) is 2.19. The molecule has 0 amide bonds. The minimum absolute atomic E-state index is 0.0673. The van der Waals surface area contributed by atoms with Crippen LogP contribution in [0.15, 0.2) is 18.2 Å². The molecule has 0 aliphatic heterocycles. The highest BCUT2D eigenvalue weighted by molar-refractivity contribution is 5.27. The lowest BCUT2D eigenvalue weighted by Crippen LogP contribution is -2.40. The number of aryl methyl sites for hydroxylation is 1. The highest BCUT2D eigenvalue weighted by Crippen LogP contribution is 2.26. The second-order valence-electron chi connectivity index (χ2n) is 5.43. The molecule has 102 valence electrons. The maximum absolute atomic E-state index is 13.9. The number of hydrogen-bond acceptors (Lipinski definition) is 2. The monoisotopic (exact) mass is 252 g/mol. The quantitative estimate of drug-likeness (QED) is 0.872. The van der Waals surface area contributed by atoms with E-state index in [1.165, 1.54) is 6.07 Å². The third kappa shape index (κ3) is 3.30. The zero-order valence-electron chi connectivity index (χ0n) is 12.1. The van der Waals surface area contributed by atoms with Crippen LogP contribution in [0.4, 0.5) is 4.39 Å². The summed E-state index contributed by atoms with van der Waals surface area (Å²) in [6.07, 6.45) is 0. The number of benzene rings is 1. The van der Waals surface area contributed by atoms with E-state index < -0.39 is 0 Å². The molecule has 2 nitrogen and oxygen atoms in total. The second kappa shape index (κ2) is 6.30. The molecule has 2 unspecified atom stereocenters. The van der Waals surface area contributed by atoms with Crippen LogP contribution in [-0.4, -0.2) is 24.5 Å². The number of halogens is 1. The van der Waals surface area contributed by atoms with E-state index in [1.807, 2.05) is 20.0 Å². The van der Waals surface area contributed by atoms with E-state index >= 15 is 0 Å². The summed E-state index contributed by atoms with van der Waals surface area (Å²) >= 11 is 0. The maximum Gasteiger partial charge on any atom is 0.128 e. The lowest BCUT2D eigenvalue weighted by Gasteiger charge is -2.35. The standard InChI is InChI=1S/C15H25FN2/c1-10(2)12(4)18(5)15(9-17)13-8-11(3)6-7-14(13)16/h6-8,10,12,15H,9,17H2,1-5H3. The SMILES string of the molecule is Cc1ccc(F)c(C(CN)N(C)C(C)C(C)C)c1. The van der Waals surface area contributed by atoms with Gasteiger partial charge >= 0.3 is 0 Å². The van der Waals surface area contributed by atoms with Crippen LogP contribution in [-0.2, 0) is 0 Å². The minimum atomic E-state index is -0.168. The number of likely N-dealkylation sites (N-methyl/N-ethyl adjacent to an activating group) is 1. The summed E-state index contributed by atoms with van der Waals surface area (Å²) in [6.45, 7) is 8.89. The van der Waals surface area contributed by atoms with Crippen molar-refractivity contribution in [2.75, 3.05) is 13.6 Å². The first-order valence-corrected chi connectivity index (χ1v) is 6.56. The molecule has 0 radical (unpaired) electrons. The highest BCUT2D eigenvalue weighted by atomic mass is 19.1. The van der Waals surface area contributed by atoms with E-state index in [2.05, 4.69) is 25.7 Å². The second-order valence-corrected chi connectivity index (χ2v) is 5.43. The molecule has 0 spiro atoms. The summed E-state index contributed by atoms with van der Waals surface area (Å²) in [5.41, 5.74) is 7.62. The van der Waals surface area contributed by atoms with Gasteiger partial charge in [-0.15, -0.1) is 0 Å². The molecule has 0 aromatic heterocycles. The molecular weight excluding hydrogens is 227 g/mol. The van der Waals surface area contributed by atoms with Gasteiger partial charge in [-0.2, -0.15) is 0 Å². The van der Waals surface area contributed by atoms with Crippen molar-refractivity contribution in [3.05, 3.63) is 35.1 Å². The Morgan fingerprint density at radius 2 is 1.89 bits per heavy atom. The van der Waals surface area contributed by atoms with Gasteiger partial charge in [0.2, 0.25) is 0 Å². The third-order valence-electron chi connectivity index (χ3n) is 3.83. The Morgan fingerprint density at radius 1 is 1.28 bits per heavy atom. The molecule has 18 heavy (non-hydrogen) atoms. The van der Waals surface area contributed by atoms with Gasteiger partial charge in [0.1, 0.15) is 5.82 Å². The van der Waals surface area contributed by atoms with E-state index in [1.54, 1.807) is 6.07 Å². The first-order chi connectivity index (χ1) is 8.38. The zero-order chi connectivity index (χ0) is 13.9. The lowest BCUT2D eigenvalue weighted by molar-refractivity contribution is 0.149. The first kappa shape index (κ1) is 15.1. The topological polar surface area (TPSA) is 29.3 Å². The molecule has 1 aromatic rings. The number of hydrogen-bond donors (Lipinski definition) is 1. The van der Waals surface area contributed by atoms with Crippen LogP contribution in [0.1, 0.15) is 37.9 Å². The fourth-order valence-corrected chi connectivity index (χ4v) is 2.19. The van der Waals surface area contributed by atoms with Crippen molar-refractivity contribution in [2.24, 2.45) is 11.7 Å². The maximum atomic E-state index is 13.9. The van der Waals surface area contributed by atoms with Gasteiger partial charge in [0.25, 0.3) is 0 Å². The number of nitrogens with two attached hydrogens (primary N) is 1. The van der Waals surface area contributed by atoms with Crippen LogP contribution in [0.2, 0.25) is 0 Å². The van der Waals surface area contributed by atoms with Gasteiger partial charge in [0.15, 0.2) is 0 Å². The molecule has 1 rings (SSSR count). The predicted molar refractivity (Wildman–Crippen MR) is 75.0 cm³/mol. The molecule has 0 fully saturated rings. The molecule has 3 heteroatoms. The first-order valence-electron chi connectivity index (χ1n) is 6.56. The summed E-state index contributed by atoms with van der Waals surface area (Å²) < 4.78 is 13.9. The number of rotatable bonds is 5. The van der Waals surface area contributed by atoms with E-state index in [9.17, 15) is 4.39 Å². The van der Waals surface area contributed by atoms with Gasteiger partial charge in [0, 0.05) is 24.2 Å². The Kier molecular flexibility index (Phi) is 5.29. The smallest absolute Gasteiger partial charge is 0.128 e. The van der Waals surface area contributed by atoms with Gasteiger partial charge in [0.05, 0.1) is 0 Å². The van der Waals surface area contributed by atoms with Crippen molar-refractivity contribution in [3.8, 4) is 0 Å². The summed E-state index contributed by atoms with van der Waals surface area (Å²) in [6, 6.07) is 5.51. The van der Waals surface area contributed by atoms with E-state index in [0.717, 1.165) is 5.56 Å². The van der Waals surface area contributed by atoms with Crippen molar-refractivity contribution in [2.45, 2.75) is 39.8 Å². The van der Waals surface area contributed by atoms with Crippen LogP contribution in [0.5, 0.6) is 0 Å². The van der Waals surface area contributed by atoms with Gasteiger partial charge < -0.3 is 5.73 Å². The average molecular weight is 252 g/mol.